The lowest BCUT2D eigenvalue weighted by Crippen LogP contribution is -2.08. The van der Waals surface area contributed by atoms with Gasteiger partial charge in [0.1, 0.15) is 0 Å². The van der Waals surface area contributed by atoms with Crippen LogP contribution in [-0.2, 0) is 9.59 Å². The molecule has 2 amide bonds. The molecule has 4 heteroatoms. The van der Waals surface area contributed by atoms with Crippen molar-refractivity contribution in [2.75, 3.05) is 0 Å². The van der Waals surface area contributed by atoms with Gasteiger partial charge in [0.25, 0.3) is 0 Å². The first-order chi connectivity index (χ1) is 5.79. The van der Waals surface area contributed by atoms with E-state index in [1.807, 2.05) is 0 Å². The van der Waals surface area contributed by atoms with E-state index in [9.17, 15) is 9.59 Å². The lowest BCUT2D eigenvalue weighted by molar-refractivity contribution is -0.119. The molecule has 0 aliphatic carbocycles. The summed E-state index contributed by atoms with van der Waals surface area (Å²) in [4.78, 5) is 20.1. The van der Waals surface area contributed by atoms with Crippen LogP contribution >= 0.6 is 0 Å². The monoisotopic (exact) mass is 166 g/mol. The highest BCUT2D eigenvalue weighted by atomic mass is 16.2. The quantitative estimate of drug-likeness (QED) is 0.533. The molecule has 2 heterocycles. The van der Waals surface area contributed by atoms with Crippen LogP contribution in [0, 0.1) is 0 Å². The van der Waals surface area contributed by atoms with Gasteiger partial charge in [-0.15, -0.1) is 0 Å². The van der Waals surface area contributed by atoms with Crippen molar-refractivity contribution in [1.82, 2.24) is 10.6 Å². The van der Waals surface area contributed by atoms with E-state index in [1.165, 1.54) is 0 Å². The lowest BCUT2D eigenvalue weighted by Gasteiger charge is -1.78. The number of carbonyl (C=O) groups excluding carboxylic acids is 2. The molecule has 0 fully saturated rings. The molecule has 2 aliphatic heterocycles. The Labute approximate surface area is 70.3 Å². The van der Waals surface area contributed by atoms with E-state index in [2.05, 4.69) is 10.6 Å². The standard InChI is InChI=1S/2C4H5NO/c2*6-4-2-1-3-5-4/h2*1,3H,2H2,(H,5,6). The smallest absolute Gasteiger partial charge is 0.227 e. The summed E-state index contributed by atoms with van der Waals surface area (Å²) in [6.07, 6.45) is 8.01. The average molecular weight is 166 g/mol. The maximum absolute atomic E-state index is 10.1. The summed E-state index contributed by atoms with van der Waals surface area (Å²) in [5.41, 5.74) is 0. The minimum Gasteiger partial charge on any atom is -0.333 e. The topological polar surface area (TPSA) is 58.2 Å². The van der Waals surface area contributed by atoms with Crippen LogP contribution in [0.5, 0.6) is 0 Å². The Morgan fingerprint density at radius 2 is 1.33 bits per heavy atom. The molecular formula is C8H10N2O2. The summed E-state index contributed by atoms with van der Waals surface area (Å²) < 4.78 is 0. The van der Waals surface area contributed by atoms with Gasteiger partial charge in [-0.1, -0.05) is 12.2 Å². The second-order valence-corrected chi connectivity index (χ2v) is 2.35. The molecule has 0 saturated carbocycles. The molecule has 64 valence electrons. The molecule has 0 radical (unpaired) electrons. The van der Waals surface area contributed by atoms with E-state index < -0.39 is 0 Å². The third-order valence-corrected chi connectivity index (χ3v) is 1.33. The van der Waals surface area contributed by atoms with Crippen molar-refractivity contribution < 1.29 is 9.59 Å². The molecule has 0 aromatic carbocycles. The fourth-order valence-corrected chi connectivity index (χ4v) is 0.754. The van der Waals surface area contributed by atoms with E-state index in [-0.39, 0.29) is 11.8 Å². The summed E-state index contributed by atoms with van der Waals surface area (Å²) in [6, 6.07) is 0. The first-order valence-corrected chi connectivity index (χ1v) is 3.68. The lowest BCUT2D eigenvalue weighted by atomic mass is 10.5. The number of hydrogen-bond donors (Lipinski definition) is 2. The Balaban J connectivity index is 0.000000120. The Bertz CT molecular complexity index is 197. The van der Waals surface area contributed by atoms with Crippen molar-refractivity contribution >= 4 is 11.8 Å². The van der Waals surface area contributed by atoms with E-state index in [0.717, 1.165) is 0 Å². The van der Waals surface area contributed by atoms with E-state index in [4.69, 9.17) is 0 Å². The summed E-state index contributed by atoms with van der Waals surface area (Å²) in [6.45, 7) is 0. The number of rotatable bonds is 0. The van der Waals surface area contributed by atoms with Gasteiger partial charge in [0.05, 0.1) is 0 Å². The zero-order valence-electron chi connectivity index (χ0n) is 6.54. The molecule has 4 nitrogen and oxygen atoms in total. The summed E-state index contributed by atoms with van der Waals surface area (Å²) in [5.74, 6) is 0.185. The first kappa shape index (κ1) is 8.52. The molecule has 0 atom stereocenters. The minimum absolute atomic E-state index is 0.0926. The van der Waals surface area contributed by atoms with Gasteiger partial charge in [0, 0.05) is 25.2 Å². The highest BCUT2D eigenvalue weighted by Crippen LogP contribution is 1.88. The molecule has 0 aromatic heterocycles. The summed E-state index contributed by atoms with van der Waals surface area (Å²) in [5, 5.41) is 5.00. The zero-order chi connectivity index (χ0) is 8.81. The normalized spacial score (nSPS) is 18.3. The van der Waals surface area contributed by atoms with Crippen LogP contribution in [0.15, 0.2) is 24.6 Å². The number of carbonyl (C=O) groups is 2. The molecule has 0 bridgehead atoms. The van der Waals surface area contributed by atoms with Crippen LogP contribution in [0.2, 0.25) is 0 Å². The SMILES string of the molecule is O=C1CC=CN1.O=C1CC=CN1. The van der Waals surface area contributed by atoms with Crippen LogP contribution in [0.4, 0.5) is 0 Å². The molecule has 0 aromatic rings. The van der Waals surface area contributed by atoms with Crippen LogP contribution in [0.1, 0.15) is 12.8 Å². The predicted molar refractivity (Wildman–Crippen MR) is 43.8 cm³/mol. The van der Waals surface area contributed by atoms with Gasteiger partial charge in [0.2, 0.25) is 11.8 Å². The Morgan fingerprint density at radius 1 is 0.917 bits per heavy atom. The molecular weight excluding hydrogens is 156 g/mol. The van der Waals surface area contributed by atoms with Crippen molar-refractivity contribution in [3.8, 4) is 0 Å². The molecule has 2 rings (SSSR count). The third kappa shape index (κ3) is 3.01. The summed E-state index contributed by atoms with van der Waals surface area (Å²) >= 11 is 0. The number of nitrogens with one attached hydrogen (secondary N) is 2. The highest BCUT2D eigenvalue weighted by molar-refractivity contribution is 5.81. The molecule has 0 unspecified atom stereocenters. The maximum atomic E-state index is 10.1. The molecule has 2 N–H and O–H groups in total. The fraction of sp³-hybridized carbons (Fsp3) is 0.250. The van der Waals surface area contributed by atoms with Crippen LogP contribution < -0.4 is 10.6 Å². The second-order valence-electron chi connectivity index (χ2n) is 2.35. The number of hydrogen-bond acceptors (Lipinski definition) is 2. The van der Waals surface area contributed by atoms with Crippen molar-refractivity contribution in [3.05, 3.63) is 24.6 Å². The molecule has 0 saturated heterocycles. The van der Waals surface area contributed by atoms with Gasteiger partial charge >= 0.3 is 0 Å². The van der Waals surface area contributed by atoms with Crippen LogP contribution in [0.25, 0.3) is 0 Å². The van der Waals surface area contributed by atoms with Crippen LogP contribution in [-0.4, -0.2) is 11.8 Å². The number of amides is 2. The minimum atomic E-state index is 0.0926. The Hall–Kier alpha value is -1.58. The molecule has 12 heavy (non-hydrogen) atoms. The largest absolute Gasteiger partial charge is 0.333 e. The van der Waals surface area contributed by atoms with E-state index >= 15 is 0 Å². The van der Waals surface area contributed by atoms with E-state index in [1.54, 1.807) is 24.6 Å². The Morgan fingerprint density at radius 3 is 1.42 bits per heavy atom. The van der Waals surface area contributed by atoms with Crippen molar-refractivity contribution in [2.45, 2.75) is 12.8 Å². The van der Waals surface area contributed by atoms with Gasteiger partial charge in [-0.2, -0.15) is 0 Å². The van der Waals surface area contributed by atoms with Gasteiger partial charge in [-0.25, -0.2) is 0 Å². The van der Waals surface area contributed by atoms with E-state index in [0.29, 0.717) is 12.8 Å². The maximum Gasteiger partial charge on any atom is 0.227 e. The van der Waals surface area contributed by atoms with Gasteiger partial charge in [-0.3, -0.25) is 9.59 Å². The summed E-state index contributed by atoms with van der Waals surface area (Å²) in [7, 11) is 0. The van der Waals surface area contributed by atoms with Gasteiger partial charge in [0.15, 0.2) is 0 Å². The highest BCUT2D eigenvalue weighted by Gasteiger charge is 1.98. The average Bonchev–Trinajstić information content (AvgIpc) is 2.63. The van der Waals surface area contributed by atoms with Crippen molar-refractivity contribution in [3.63, 3.8) is 0 Å². The molecule has 2 aliphatic rings. The first-order valence-electron chi connectivity index (χ1n) is 3.68. The van der Waals surface area contributed by atoms with Crippen molar-refractivity contribution in [1.29, 1.82) is 0 Å². The van der Waals surface area contributed by atoms with Crippen molar-refractivity contribution in [2.24, 2.45) is 0 Å². The molecule has 0 spiro atoms. The van der Waals surface area contributed by atoms with Gasteiger partial charge in [-0.05, 0) is 0 Å². The predicted octanol–water partition coefficient (Wildman–Crippen LogP) is 0.0400. The van der Waals surface area contributed by atoms with Gasteiger partial charge < -0.3 is 10.6 Å². The van der Waals surface area contributed by atoms with Crippen LogP contribution in [0.3, 0.4) is 0 Å². The third-order valence-electron chi connectivity index (χ3n) is 1.33. The second kappa shape index (κ2) is 4.33. The Kier molecular flexibility index (Phi) is 3.07. The zero-order valence-corrected chi connectivity index (χ0v) is 6.54. The fourth-order valence-electron chi connectivity index (χ4n) is 0.754.